The van der Waals surface area contributed by atoms with E-state index >= 15 is 0 Å². The molecule has 0 aliphatic carbocycles. The van der Waals surface area contributed by atoms with Crippen molar-refractivity contribution in [3.05, 3.63) is 45.1 Å². The molecule has 0 fully saturated rings. The smallest absolute Gasteiger partial charge is 0.227 e. The summed E-state index contributed by atoms with van der Waals surface area (Å²) in [5.74, 6) is 0.643. The number of ether oxygens (including phenoxy) is 1. The van der Waals surface area contributed by atoms with Crippen LogP contribution in [-0.2, 0) is 16.1 Å². The Morgan fingerprint density at radius 3 is 2.88 bits per heavy atom. The van der Waals surface area contributed by atoms with Gasteiger partial charge < -0.3 is 14.5 Å². The van der Waals surface area contributed by atoms with Crippen LogP contribution < -0.4 is 9.64 Å². The van der Waals surface area contributed by atoms with Crippen LogP contribution in [0.5, 0.6) is 5.75 Å². The highest BCUT2D eigenvalue weighted by Crippen LogP contribution is 2.31. The summed E-state index contributed by atoms with van der Waals surface area (Å²) in [6.07, 6.45) is 0.410. The number of benzene rings is 1. The molecule has 2 amide bonds. The van der Waals surface area contributed by atoms with Crippen LogP contribution in [-0.4, -0.2) is 36.9 Å². The topological polar surface area (TPSA) is 49.9 Å². The molecule has 1 aliphatic heterocycles. The number of carbonyl (C=O) groups excluding carboxylic acids is 2. The molecule has 0 bridgehead atoms. The van der Waals surface area contributed by atoms with Gasteiger partial charge in [0.05, 0.1) is 18.8 Å². The number of hydrogen-bond donors (Lipinski definition) is 0. The van der Waals surface area contributed by atoms with Gasteiger partial charge in [-0.1, -0.05) is 12.1 Å². The van der Waals surface area contributed by atoms with Gasteiger partial charge in [-0.15, -0.1) is 11.3 Å². The van der Waals surface area contributed by atoms with Gasteiger partial charge in [0.25, 0.3) is 0 Å². The minimum atomic E-state index is -0.0450. The molecule has 5 nitrogen and oxygen atoms in total. The second kappa shape index (κ2) is 8.01. The lowest BCUT2D eigenvalue weighted by Crippen LogP contribution is -2.38. The summed E-state index contributed by atoms with van der Waals surface area (Å²) < 4.78 is 6.59. The zero-order valence-electron chi connectivity index (χ0n) is 13.9. The zero-order valence-corrected chi connectivity index (χ0v) is 16.3. The van der Waals surface area contributed by atoms with E-state index in [0.29, 0.717) is 25.4 Å². The van der Waals surface area contributed by atoms with E-state index in [1.54, 1.807) is 28.2 Å². The van der Waals surface area contributed by atoms with Crippen LogP contribution in [0.1, 0.15) is 17.7 Å². The molecule has 1 aromatic heterocycles. The van der Waals surface area contributed by atoms with E-state index in [0.717, 1.165) is 15.0 Å². The van der Waals surface area contributed by atoms with Crippen LogP contribution in [0.4, 0.5) is 5.69 Å². The number of fused-ring (bicyclic) bond motifs is 1. The lowest BCUT2D eigenvalue weighted by Gasteiger charge is -2.29. The number of nitrogens with zero attached hydrogens (tertiary/aromatic N) is 2. The fourth-order valence-corrected chi connectivity index (χ4v) is 4.23. The second-order valence-electron chi connectivity index (χ2n) is 5.84. The van der Waals surface area contributed by atoms with Crippen LogP contribution in [0.25, 0.3) is 0 Å². The third-order valence-corrected chi connectivity index (χ3v) is 5.71. The highest BCUT2D eigenvalue weighted by Gasteiger charge is 2.24. The summed E-state index contributed by atoms with van der Waals surface area (Å²) in [5, 5.41) is 1.99. The fourth-order valence-electron chi connectivity index (χ4n) is 2.73. The number of para-hydroxylation sites is 2. The lowest BCUT2D eigenvalue weighted by atomic mass is 10.2. The van der Waals surface area contributed by atoms with Gasteiger partial charge in [-0.25, -0.2) is 0 Å². The molecule has 0 N–H and O–H groups in total. The van der Waals surface area contributed by atoms with E-state index in [-0.39, 0.29) is 24.7 Å². The molecule has 2 heterocycles. The zero-order chi connectivity index (χ0) is 17.8. The summed E-state index contributed by atoms with van der Waals surface area (Å²) in [4.78, 5) is 29.3. The van der Waals surface area contributed by atoms with Crippen LogP contribution in [0.3, 0.4) is 0 Å². The molecule has 0 atom stereocenters. The maximum atomic E-state index is 12.5. The van der Waals surface area contributed by atoms with E-state index in [2.05, 4.69) is 15.9 Å². The van der Waals surface area contributed by atoms with Crippen molar-refractivity contribution in [1.29, 1.82) is 0 Å². The molecule has 3 rings (SSSR count). The molecule has 0 saturated carbocycles. The minimum absolute atomic E-state index is 0.0283. The van der Waals surface area contributed by atoms with Crippen LogP contribution in [0, 0.1) is 0 Å². The molecule has 0 unspecified atom stereocenters. The highest BCUT2D eigenvalue weighted by molar-refractivity contribution is 9.10. The molecule has 1 aromatic carbocycles. The van der Waals surface area contributed by atoms with E-state index in [4.69, 9.17) is 4.74 Å². The van der Waals surface area contributed by atoms with Crippen molar-refractivity contribution in [2.75, 3.05) is 25.1 Å². The Morgan fingerprint density at radius 2 is 2.12 bits per heavy atom. The third-order valence-electron chi connectivity index (χ3n) is 4.02. The summed E-state index contributed by atoms with van der Waals surface area (Å²) >= 11 is 5.02. The predicted molar refractivity (Wildman–Crippen MR) is 102 cm³/mol. The number of hydrogen-bond acceptors (Lipinski definition) is 4. The molecule has 7 heteroatoms. The Bertz CT molecular complexity index is 777. The van der Waals surface area contributed by atoms with Crippen LogP contribution in [0.2, 0.25) is 0 Å². The maximum Gasteiger partial charge on any atom is 0.227 e. The summed E-state index contributed by atoms with van der Waals surface area (Å²) in [5.41, 5.74) is 0.781. The minimum Gasteiger partial charge on any atom is -0.490 e. The Hall–Kier alpha value is -1.86. The fraction of sp³-hybridized carbons (Fsp3) is 0.333. The van der Waals surface area contributed by atoms with Crippen molar-refractivity contribution < 1.29 is 14.3 Å². The maximum absolute atomic E-state index is 12.5. The van der Waals surface area contributed by atoms with Gasteiger partial charge in [-0.05, 0) is 34.1 Å². The van der Waals surface area contributed by atoms with Crippen molar-refractivity contribution in [3.63, 3.8) is 0 Å². The first-order valence-electron chi connectivity index (χ1n) is 8.03. The lowest BCUT2D eigenvalue weighted by molar-refractivity contribution is -0.132. The molecule has 1 aliphatic rings. The Labute approximate surface area is 159 Å². The molecule has 0 saturated heterocycles. The predicted octanol–water partition coefficient (Wildman–Crippen LogP) is 3.67. The SMILES string of the molecule is CN(Cc1cc(Br)cs1)C(=O)CCC(=O)N1CCOc2ccccc21. The van der Waals surface area contributed by atoms with Gasteiger partial charge in [-0.3, -0.25) is 9.59 Å². The molecule has 25 heavy (non-hydrogen) atoms. The number of rotatable bonds is 5. The van der Waals surface area contributed by atoms with E-state index in [1.165, 1.54) is 0 Å². The van der Waals surface area contributed by atoms with Gasteiger partial charge in [-0.2, -0.15) is 0 Å². The van der Waals surface area contributed by atoms with E-state index in [1.807, 2.05) is 35.7 Å². The first-order valence-corrected chi connectivity index (χ1v) is 9.71. The van der Waals surface area contributed by atoms with Gasteiger partial charge in [0.2, 0.25) is 11.8 Å². The summed E-state index contributed by atoms with van der Waals surface area (Å²) in [6.45, 7) is 1.55. The first kappa shape index (κ1) is 17.9. The van der Waals surface area contributed by atoms with Crippen molar-refractivity contribution in [3.8, 4) is 5.75 Å². The Morgan fingerprint density at radius 1 is 1.32 bits per heavy atom. The van der Waals surface area contributed by atoms with Crippen molar-refractivity contribution in [1.82, 2.24) is 4.90 Å². The largest absolute Gasteiger partial charge is 0.490 e. The van der Waals surface area contributed by atoms with Gasteiger partial charge in [0, 0.05) is 34.6 Å². The average molecular weight is 423 g/mol. The van der Waals surface area contributed by atoms with Gasteiger partial charge in [0.15, 0.2) is 0 Å². The Balaban J connectivity index is 1.54. The Kier molecular flexibility index (Phi) is 5.75. The van der Waals surface area contributed by atoms with Crippen LogP contribution in [0.15, 0.2) is 40.2 Å². The second-order valence-corrected chi connectivity index (χ2v) is 7.75. The number of halogens is 1. The van der Waals surface area contributed by atoms with Crippen LogP contribution >= 0.6 is 27.3 Å². The van der Waals surface area contributed by atoms with Crippen molar-refractivity contribution in [2.45, 2.75) is 19.4 Å². The molecule has 132 valence electrons. The van der Waals surface area contributed by atoms with E-state index < -0.39 is 0 Å². The van der Waals surface area contributed by atoms with Gasteiger partial charge in [0.1, 0.15) is 12.4 Å². The van der Waals surface area contributed by atoms with Gasteiger partial charge >= 0.3 is 0 Å². The van der Waals surface area contributed by atoms with Crippen molar-refractivity contribution in [2.24, 2.45) is 0 Å². The standard InChI is InChI=1S/C18H19BrN2O3S/c1-20(11-14-10-13(19)12-25-14)17(22)6-7-18(23)21-8-9-24-16-5-3-2-4-15(16)21/h2-5,10,12H,6-9,11H2,1H3. The summed E-state index contributed by atoms with van der Waals surface area (Å²) in [6, 6.07) is 9.49. The first-order chi connectivity index (χ1) is 12.0. The molecular formula is C18H19BrN2O3S. The number of anilines is 1. The number of amides is 2. The van der Waals surface area contributed by atoms with E-state index in [9.17, 15) is 9.59 Å². The molecule has 2 aromatic rings. The van der Waals surface area contributed by atoms with Crippen molar-refractivity contribution >= 4 is 44.8 Å². The highest BCUT2D eigenvalue weighted by atomic mass is 79.9. The molecule has 0 spiro atoms. The quantitative estimate of drug-likeness (QED) is 0.738. The summed E-state index contributed by atoms with van der Waals surface area (Å²) in [7, 11) is 1.77. The average Bonchev–Trinajstić information content (AvgIpc) is 3.03. The number of carbonyl (C=O) groups is 2. The molecular weight excluding hydrogens is 404 g/mol. The third kappa shape index (κ3) is 4.41. The number of thiophene rings is 1. The monoisotopic (exact) mass is 422 g/mol. The normalized spacial score (nSPS) is 13.1. The molecule has 0 radical (unpaired) electrons.